The van der Waals surface area contributed by atoms with Crippen LogP contribution in [0.4, 0.5) is 4.79 Å². The van der Waals surface area contributed by atoms with E-state index in [1.807, 2.05) is 36.5 Å². The number of rotatable bonds is 5. The fourth-order valence-electron chi connectivity index (χ4n) is 1.64. The molecule has 0 aliphatic rings. The van der Waals surface area contributed by atoms with Gasteiger partial charge >= 0.3 is 6.03 Å². The maximum atomic E-state index is 11.3. The number of aliphatic hydroxyl groups excluding tert-OH is 1. The Hall–Kier alpha value is -2.34. The van der Waals surface area contributed by atoms with Gasteiger partial charge in [-0.15, -0.1) is 0 Å². The van der Waals surface area contributed by atoms with Crippen molar-refractivity contribution in [3.8, 4) is 5.69 Å². The maximum absolute atomic E-state index is 11.3. The molecule has 0 aliphatic heterocycles. The average molecular weight is 260 g/mol. The number of carbonyl (C=O) groups is 1. The largest absolute Gasteiger partial charge is 0.395 e. The van der Waals surface area contributed by atoms with Crippen LogP contribution in [0.3, 0.4) is 0 Å². The quantitative estimate of drug-likeness (QED) is 0.739. The summed E-state index contributed by atoms with van der Waals surface area (Å²) in [5.41, 5.74) is 1.92. The van der Waals surface area contributed by atoms with E-state index in [0.717, 1.165) is 11.3 Å². The Bertz CT molecular complexity index is 525. The molecule has 0 atom stereocenters. The number of aromatic nitrogens is 2. The number of benzene rings is 1. The highest BCUT2D eigenvalue weighted by atomic mass is 16.3. The lowest BCUT2D eigenvalue weighted by Gasteiger charge is -2.08. The lowest BCUT2D eigenvalue weighted by atomic mass is 10.2. The van der Waals surface area contributed by atoms with Crippen LogP contribution in [0.2, 0.25) is 0 Å². The summed E-state index contributed by atoms with van der Waals surface area (Å²) in [5, 5.41) is 18.0. The number of hydrogen-bond donors (Lipinski definition) is 3. The molecule has 6 nitrogen and oxygen atoms in total. The Morgan fingerprint density at radius 3 is 2.95 bits per heavy atom. The first-order valence-corrected chi connectivity index (χ1v) is 6.01. The molecule has 2 amide bonds. The van der Waals surface area contributed by atoms with E-state index < -0.39 is 0 Å². The van der Waals surface area contributed by atoms with Crippen LogP contribution in [-0.4, -0.2) is 34.1 Å². The molecule has 6 heteroatoms. The standard InChI is InChI=1S/C13H16N4O2/c18-8-6-14-13(19)15-10-11-3-1-4-12(9-11)17-7-2-5-16-17/h1-5,7,9,18H,6,8,10H2,(H2,14,15,19). The van der Waals surface area contributed by atoms with Crippen LogP contribution in [0, 0.1) is 0 Å². The van der Waals surface area contributed by atoms with Crippen molar-refractivity contribution in [2.24, 2.45) is 0 Å². The third-order valence-corrected chi connectivity index (χ3v) is 2.53. The molecule has 0 saturated heterocycles. The second kappa shape index (κ2) is 6.55. The second-order valence-electron chi connectivity index (χ2n) is 3.95. The Kier molecular flexibility index (Phi) is 4.52. The van der Waals surface area contributed by atoms with Crippen LogP contribution in [0.25, 0.3) is 5.69 Å². The number of amides is 2. The van der Waals surface area contributed by atoms with Crippen molar-refractivity contribution in [2.75, 3.05) is 13.2 Å². The number of nitrogens with zero attached hydrogens (tertiary/aromatic N) is 2. The van der Waals surface area contributed by atoms with E-state index in [-0.39, 0.29) is 19.2 Å². The minimum atomic E-state index is -0.293. The fraction of sp³-hybridized carbons (Fsp3) is 0.231. The van der Waals surface area contributed by atoms with Crippen molar-refractivity contribution in [3.05, 3.63) is 48.3 Å². The number of hydrogen-bond acceptors (Lipinski definition) is 3. The molecule has 0 radical (unpaired) electrons. The Balaban J connectivity index is 1.94. The van der Waals surface area contributed by atoms with Crippen LogP contribution < -0.4 is 10.6 Å². The highest BCUT2D eigenvalue weighted by molar-refractivity contribution is 5.73. The number of nitrogens with one attached hydrogen (secondary N) is 2. The molecular formula is C13H16N4O2. The molecule has 0 bridgehead atoms. The molecule has 0 spiro atoms. The van der Waals surface area contributed by atoms with Crippen molar-refractivity contribution in [3.63, 3.8) is 0 Å². The zero-order chi connectivity index (χ0) is 13.5. The lowest BCUT2D eigenvalue weighted by Crippen LogP contribution is -2.36. The van der Waals surface area contributed by atoms with Gasteiger partial charge in [0.05, 0.1) is 12.3 Å². The Morgan fingerprint density at radius 1 is 1.32 bits per heavy atom. The van der Waals surface area contributed by atoms with E-state index in [1.54, 1.807) is 10.9 Å². The summed E-state index contributed by atoms with van der Waals surface area (Å²) < 4.78 is 1.76. The van der Waals surface area contributed by atoms with Crippen molar-refractivity contribution < 1.29 is 9.90 Å². The lowest BCUT2D eigenvalue weighted by molar-refractivity contribution is 0.234. The van der Waals surface area contributed by atoms with Crippen molar-refractivity contribution >= 4 is 6.03 Å². The summed E-state index contributed by atoms with van der Waals surface area (Å²) in [6.07, 6.45) is 3.58. The van der Waals surface area contributed by atoms with E-state index in [1.165, 1.54) is 0 Å². The minimum absolute atomic E-state index is 0.0673. The van der Waals surface area contributed by atoms with Crippen molar-refractivity contribution in [2.45, 2.75) is 6.54 Å². The summed E-state index contributed by atoms with van der Waals surface area (Å²) >= 11 is 0. The van der Waals surface area contributed by atoms with Gasteiger partial charge in [-0.2, -0.15) is 5.10 Å². The van der Waals surface area contributed by atoms with E-state index in [2.05, 4.69) is 15.7 Å². The van der Waals surface area contributed by atoms with E-state index >= 15 is 0 Å². The average Bonchev–Trinajstić information content (AvgIpc) is 2.97. The third-order valence-electron chi connectivity index (χ3n) is 2.53. The normalized spacial score (nSPS) is 10.2. The topological polar surface area (TPSA) is 79.2 Å². The first-order chi connectivity index (χ1) is 9.29. The molecule has 2 aromatic rings. The molecule has 3 N–H and O–H groups in total. The van der Waals surface area contributed by atoms with E-state index in [4.69, 9.17) is 5.11 Å². The molecule has 2 rings (SSSR count). The molecule has 19 heavy (non-hydrogen) atoms. The van der Waals surface area contributed by atoms with Gasteiger partial charge in [0.15, 0.2) is 0 Å². The monoisotopic (exact) mass is 260 g/mol. The highest BCUT2D eigenvalue weighted by Gasteiger charge is 2.01. The molecule has 1 aromatic carbocycles. The summed E-state index contributed by atoms with van der Waals surface area (Å²) in [5.74, 6) is 0. The molecule has 100 valence electrons. The first-order valence-electron chi connectivity index (χ1n) is 6.01. The van der Waals surface area contributed by atoms with Gasteiger partial charge in [0.25, 0.3) is 0 Å². The van der Waals surface area contributed by atoms with Crippen LogP contribution in [0.15, 0.2) is 42.7 Å². The van der Waals surface area contributed by atoms with Gasteiger partial charge in [0.1, 0.15) is 0 Å². The fourth-order valence-corrected chi connectivity index (χ4v) is 1.64. The summed E-state index contributed by atoms with van der Waals surface area (Å²) in [4.78, 5) is 11.3. The van der Waals surface area contributed by atoms with Crippen molar-refractivity contribution in [1.29, 1.82) is 0 Å². The second-order valence-corrected chi connectivity index (χ2v) is 3.95. The van der Waals surface area contributed by atoms with E-state index in [0.29, 0.717) is 6.54 Å². The molecule has 1 heterocycles. The van der Waals surface area contributed by atoms with Gasteiger partial charge in [0, 0.05) is 25.5 Å². The minimum Gasteiger partial charge on any atom is -0.395 e. The number of urea groups is 1. The van der Waals surface area contributed by atoms with Gasteiger partial charge in [-0.3, -0.25) is 0 Å². The number of carbonyl (C=O) groups excluding carboxylic acids is 1. The highest BCUT2D eigenvalue weighted by Crippen LogP contribution is 2.09. The SMILES string of the molecule is O=C(NCCO)NCc1cccc(-n2cccn2)c1. The summed E-state index contributed by atoms with van der Waals surface area (Å²) in [7, 11) is 0. The maximum Gasteiger partial charge on any atom is 0.315 e. The number of aliphatic hydroxyl groups is 1. The first kappa shape index (κ1) is 13.1. The summed E-state index contributed by atoms with van der Waals surface area (Å²) in [6, 6.07) is 9.31. The Morgan fingerprint density at radius 2 is 2.21 bits per heavy atom. The predicted octanol–water partition coefficient (Wildman–Crippen LogP) is 0.664. The molecule has 1 aromatic heterocycles. The van der Waals surface area contributed by atoms with E-state index in [9.17, 15) is 4.79 Å². The molecule has 0 aliphatic carbocycles. The van der Waals surface area contributed by atoms with Gasteiger partial charge in [-0.1, -0.05) is 12.1 Å². The smallest absolute Gasteiger partial charge is 0.315 e. The van der Waals surface area contributed by atoms with Gasteiger partial charge in [0.2, 0.25) is 0 Å². The third kappa shape index (κ3) is 3.82. The van der Waals surface area contributed by atoms with Crippen LogP contribution in [0.1, 0.15) is 5.56 Å². The zero-order valence-corrected chi connectivity index (χ0v) is 10.4. The van der Waals surface area contributed by atoms with Gasteiger partial charge in [-0.05, 0) is 23.8 Å². The van der Waals surface area contributed by atoms with Gasteiger partial charge < -0.3 is 15.7 Å². The van der Waals surface area contributed by atoms with Crippen LogP contribution in [0.5, 0.6) is 0 Å². The Labute approximate surface area is 111 Å². The predicted molar refractivity (Wildman–Crippen MR) is 70.9 cm³/mol. The molecule has 0 fully saturated rings. The van der Waals surface area contributed by atoms with Gasteiger partial charge in [-0.25, -0.2) is 9.48 Å². The summed E-state index contributed by atoms with van der Waals surface area (Å²) in [6.45, 7) is 0.605. The van der Waals surface area contributed by atoms with Crippen molar-refractivity contribution in [1.82, 2.24) is 20.4 Å². The van der Waals surface area contributed by atoms with Crippen LogP contribution in [-0.2, 0) is 6.54 Å². The van der Waals surface area contributed by atoms with Crippen LogP contribution >= 0.6 is 0 Å². The molecular weight excluding hydrogens is 244 g/mol. The molecule has 0 saturated carbocycles. The zero-order valence-electron chi connectivity index (χ0n) is 10.4. The molecule has 0 unspecified atom stereocenters.